The zero-order valence-corrected chi connectivity index (χ0v) is 8.09. The van der Waals surface area contributed by atoms with Crippen LogP contribution in [0.15, 0.2) is 0 Å². The summed E-state index contributed by atoms with van der Waals surface area (Å²) in [5.74, 6) is 0. The predicted octanol–water partition coefficient (Wildman–Crippen LogP) is 0.234. The Morgan fingerprint density at radius 3 is 3.00 bits per heavy atom. The molecule has 1 heterocycles. The van der Waals surface area contributed by atoms with Crippen molar-refractivity contribution in [3.63, 3.8) is 0 Å². The lowest BCUT2D eigenvalue weighted by Gasteiger charge is -2.17. The molecule has 0 bridgehead atoms. The van der Waals surface area contributed by atoms with Crippen molar-refractivity contribution in [1.29, 1.82) is 0 Å². The van der Waals surface area contributed by atoms with Gasteiger partial charge in [0.1, 0.15) is 9.28 Å². The quantitative estimate of drug-likeness (QED) is 0.481. The minimum atomic E-state index is -0.189. The van der Waals surface area contributed by atoms with Crippen molar-refractivity contribution in [2.45, 2.75) is 25.4 Å². The Kier molecular flexibility index (Phi) is 2.79. The lowest BCUT2D eigenvalue weighted by molar-refractivity contribution is 0.335. The summed E-state index contributed by atoms with van der Waals surface area (Å²) in [6, 6.07) is 3.08. The van der Waals surface area contributed by atoms with Crippen LogP contribution in [-0.4, -0.2) is 24.2 Å². The van der Waals surface area contributed by atoms with E-state index in [0.29, 0.717) is 0 Å². The summed E-state index contributed by atoms with van der Waals surface area (Å²) in [5.41, 5.74) is 0. The summed E-state index contributed by atoms with van der Waals surface area (Å²) in [7, 11) is -0.127. The first-order chi connectivity index (χ1) is 3.93. The summed E-state index contributed by atoms with van der Waals surface area (Å²) in [6.07, 6.45) is 1.37. The van der Waals surface area contributed by atoms with Crippen LogP contribution in [0.5, 0.6) is 0 Å². The minimum Gasteiger partial charge on any atom is -0.428 e. The van der Waals surface area contributed by atoms with E-state index in [1.807, 2.05) is 0 Å². The summed E-state index contributed by atoms with van der Waals surface area (Å²) in [4.78, 5) is 0. The molecule has 48 valence electrons. The number of hydrogen-bond donors (Lipinski definition) is 0. The second-order valence-corrected chi connectivity index (χ2v) is 10.8. The van der Waals surface area contributed by atoms with Gasteiger partial charge in [-0.1, -0.05) is 19.0 Å². The zero-order chi connectivity index (χ0) is 5.82. The van der Waals surface area contributed by atoms with Crippen LogP contribution < -0.4 is 0 Å². The molecule has 1 aliphatic rings. The molecule has 0 aromatic rings. The molecule has 1 nitrogen and oxygen atoms in total. The summed E-state index contributed by atoms with van der Waals surface area (Å²) in [6.45, 7) is 3.42. The third kappa shape index (κ3) is 1.72. The van der Waals surface area contributed by atoms with Crippen LogP contribution in [0.25, 0.3) is 0 Å². The summed E-state index contributed by atoms with van der Waals surface area (Å²) >= 11 is 0. The third-order valence-electron chi connectivity index (χ3n) is 1.83. The van der Waals surface area contributed by atoms with E-state index in [1.54, 1.807) is 6.04 Å². The molecule has 0 spiro atoms. The van der Waals surface area contributed by atoms with Crippen molar-refractivity contribution in [3.8, 4) is 0 Å². The SMILES string of the molecule is CC[SiH]1CCCO[SiH2]1. The van der Waals surface area contributed by atoms with Crippen LogP contribution >= 0.6 is 0 Å². The molecular weight excluding hydrogens is 132 g/mol. The molecule has 1 rings (SSSR count). The molecule has 0 aliphatic carbocycles. The fourth-order valence-corrected chi connectivity index (χ4v) is 6.96. The lowest BCUT2D eigenvalue weighted by atomic mass is 10.5. The zero-order valence-electron chi connectivity index (χ0n) is 5.52. The van der Waals surface area contributed by atoms with Gasteiger partial charge in [0, 0.05) is 6.61 Å². The van der Waals surface area contributed by atoms with Gasteiger partial charge in [-0.3, -0.25) is 0 Å². The van der Waals surface area contributed by atoms with Gasteiger partial charge < -0.3 is 4.43 Å². The van der Waals surface area contributed by atoms with E-state index >= 15 is 0 Å². The molecule has 0 saturated carbocycles. The van der Waals surface area contributed by atoms with Gasteiger partial charge in [-0.25, -0.2) is 0 Å². The van der Waals surface area contributed by atoms with E-state index in [4.69, 9.17) is 4.43 Å². The van der Waals surface area contributed by atoms with E-state index in [0.717, 1.165) is 6.61 Å². The van der Waals surface area contributed by atoms with Gasteiger partial charge in [-0.05, 0) is 6.42 Å². The predicted molar refractivity (Wildman–Crippen MR) is 41.6 cm³/mol. The average molecular weight is 146 g/mol. The lowest BCUT2D eigenvalue weighted by Crippen LogP contribution is -2.28. The molecule has 1 atom stereocenters. The summed E-state index contributed by atoms with van der Waals surface area (Å²) in [5, 5.41) is 0. The van der Waals surface area contributed by atoms with Crippen LogP contribution in [0.2, 0.25) is 12.1 Å². The highest BCUT2D eigenvalue weighted by molar-refractivity contribution is 7.10. The first kappa shape index (κ1) is 6.51. The highest BCUT2D eigenvalue weighted by atomic mass is 29.2. The van der Waals surface area contributed by atoms with Gasteiger partial charge in [0.05, 0.1) is 8.31 Å². The van der Waals surface area contributed by atoms with Crippen LogP contribution in [0, 0.1) is 0 Å². The fraction of sp³-hybridized carbons (Fsp3) is 1.00. The Morgan fingerprint density at radius 1 is 1.75 bits per heavy atom. The molecule has 8 heavy (non-hydrogen) atoms. The Hall–Kier alpha value is 0.394. The molecule has 0 N–H and O–H groups in total. The maximum Gasteiger partial charge on any atom is 0.147 e. The van der Waals surface area contributed by atoms with E-state index in [1.165, 1.54) is 12.5 Å². The standard InChI is InChI=1S/C5H14OSi2/c1-2-8-5-3-4-6-7-8/h8H,2-5,7H2,1H3. The van der Waals surface area contributed by atoms with Crippen molar-refractivity contribution in [2.24, 2.45) is 0 Å². The Morgan fingerprint density at radius 2 is 2.62 bits per heavy atom. The van der Waals surface area contributed by atoms with Gasteiger partial charge in [-0.2, -0.15) is 0 Å². The molecule has 0 aromatic carbocycles. The van der Waals surface area contributed by atoms with Gasteiger partial charge in [0.15, 0.2) is 0 Å². The molecule has 1 saturated heterocycles. The molecule has 1 fully saturated rings. The van der Waals surface area contributed by atoms with Crippen LogP contribution in [0.4, 0.5) is 0 Å². The number of hydrogen-bond acceptors (Lipinski definition) is 1. The van der Waals surface area contributed by atoms with Crippen LogP contribution in [0.3, 0.4) is 0 Å². The van der Waals surface area contributed by atoms with Gasteiger partial charge in [-0.15, -0.1) is 0 Å². The van der Waals surface area contributed by atoms with E-state index in [2.05, 4.69) is 6.92 Å². The Labute approximate surface area is 54.8 Å². The first-order valence-electron chi connectivity index (χ1n) is 3.51. The van der Waals surface area contributed by atoms with Gasteiger partial charge >= 0.3 is 0 Å². The van der Waals surface area contributed by atoms with Crippen molar-refractivity contribution < 1.29 is 4.43 Å². The molecule has 1 unspecified atom stereocenters. The minimum absolute atomic E-state index is 0.0613. The monoisotopic (exact) mass is 146 g/mol. The Balaban J connectivity index is 2.13. The van der Waals surface area contributed by atoms with Gasteiger partial charge in [0.25, 0.3) is 0 Å². The molecule has 0 amide bonds. The maximum absolute atomic E-state index is 5.47. The van der Waals surface area contributed by atoms with Crippen LogP contribution in [0.1, 0.15) is 13.3 Å². The normalized spacial score (nSPS) is 33.4. The van der Waals surface area contributed by atoms with E-state index in [9.17, 15) is 0 Å². The smallest absolute Gasteiger partial charge is 0.147 e. The molecule has 0 radical (unpaired) electrons. The highest BCUT2D eigenvalue weighted by Gasteiger charge is 2.12. The second-order valence-electron chi connectivity index (χ2n) is 2.49. The fourth-order valence-electron chi connectivity index (χ4n) is 1.13. The molecule has 0 aromatic heterocycles. The van der Waals surface area contributed by atoms with Crippen molar-refractivity contribution in [1.82, 2.24) is 0 Å². The largest absolute Gasteiger partial charge is 0.428 e. The van der Waals surface area contributed by atoms with Crippen molar-refractivity contribution >= 4 is 17.6 Å². The molecular formula is C5H14OSi2. The highest BCUT2D eigenvalue weighted by Crippen LogP contribution is 2.06. The number of rotatable bonds is 1. The van der Waals surface area contributed by atoms with E-state index in [-0.39, 0.29) is 17.6 Å². The van der Waals surface area contributed by atoms with Crippen LogP contribution in [-0.2, 0) is 4.43 Å². The summed E-state index contributed by atoms with van der Waals surface area (Å²) < 4.78 is 5.47. The van der Waals surface area contributed by atoms with E-state index < -0.39 is 0 Å². The molecule has 1 aliphatic heterocycles. The van der Waals surface area contributed by atoms with Crippen molar-refractivity contribution in [2.75, 3.05) is 6.61 Å². The molecule has 3 heteroatoms. The third-order valence-corrected chi connectivity index (χ3v) is 10.3. The first-order valence-corrected chi connectivity index (χ1v) is 8.99. The van der Waals surface area contributed by atoms with Gasteiger partial charge in [0.2, 0.25) is 0 Å². The second kappa shape index (κ2) is 3.43. The average Bonchev–Trinajstić information content (AvgIpc) is 1.90. The van der Waals surface area contributed by atoms with Crippen molar-refractivity contribution in [3.05, 3.63) is 0 Å². The Bertz CT molecular complexity index is 61.4. The maximum atomic E-state index is 5.47. The topological polar surface area (TPSA) is 9.23 Å².